The molecule has 0 amide bonds. The second-order valence-corrected chi connectivity index (χ2v) is 4.53. The van der Waals surface area contributed by atoms with E-state index in [0.29, 0.717) is 0 Å². The van der Waals surface area contributed by atoms with E-state index in [9.17, 15) is 5.26 Å². The van der Waals surface area contributed by atoms with Crippen LogP contribution in [0.15, 0.2) is 72.4 Å². The molecule has 0 spiro atoms. The summed E-state index contributed by atoms with van der Waals surface area (Å²) in [5.74, 6) is 0.120. The maximum Gasteiger partial charge on any atom is 0.0821 e. The summed E-state index contributed by atoms with van der Waals surface area (Å²) >= 11 is 0. The standard InChI is InChI=1S/C17H13N/c18-12-17-15-10-6-2-5-9-14(15)11-16(17)13-7-3-1-4-8-13/h1-11,15,17H. The minimum Gasteiger partial charge on any atom is -0.198 e. The Morgan fingerprint density at radius 1 is 1.00 bits per heavy atom. The fraction of sp³-hybridized carbons (Fsp3) is 0.118. The third-order valence-electron chi connectivity index (χ3n) is 3.48. The summed E-state index contributed by atoms with van der Waals surface area (Å²) in [4.78, 5) is 0. The maximum atomic E-state index is 9.46. The zero-order valence-corrected chi connectivity index (χ0v) is 9.95. The van der Waals surface area contributed by atoms with Gasteiger partial charge in [-0.1, -0.05) is 66.8 Å². The van der Waals surface area contributed by atoms with E-state index in [-0.39, 0.29) is 11.8 Å². The lowest BCUT2D eigenvalue weighted by molar-refractivity contribution is 0.708. The highest BCUT2D eigenvalue weighted by Gasteiger charge is 2.32. The van der Waals surface area contributed by atoms with Gasteiger partial charge in [-0.25, -0.2) is 0 Å². The molecule has 0 saturated carbocycles. The van der Waals surface area contributed by atoms with Crippen molar-refractivity contribution in [2.75, 3.05) is 0 Å². The monoisotopic (exact) mass is 231 g/mol. The second kappa shape index (κ2) is 4.50. The van der Waals surface area contributed by atoms with Gasteiger partial charge in [-0.05, 0) is 16.7 Å². The van der Waals surface area contributed by atoms with Crippen molar-refractivity contribution in [1.29, 1.82) is 5.26 Å². The Bertz CT molecular complexity index is 609. The molecule has 0 bridgehead atoms. The van der Waals surface area contributed by atoms with Crippen LogP contribution < -0.4 is 0 Å². The largest absolute Gasteiger partial charge is 0.198 e. The van der Waals surface area contributed by atoms with Crippen molar-refractivity contribution >= 4 is 5.57 Å². The number of hydrogen-bond donors (Lipinski definition) is 0. The fourth-order valence-electron chi connectivity index (χ4n) is 2.59. The van der Waals surface area contributed by atoms with Crippen molar-refractivity contribution in [3.8, 4) is 6.07 Å². The Kier molecular flexibility index (Phi) is 2.70. The SMILES string of the molecule is N#CC1C(c2ccccc2)=CC2=CC=CC=CC21. The van der Waals surface area contributed by atoms with E-state index in [1.165, 1.54) is 5.57 Å². The minimum atomic E-state index is -0.0743. The van der Waals surface area contributed by atoms with E-state index in [4.69, 9.17) is 0 Å². The van der Waals surface area contributed by atoms with Crippen molar-refractivity contribution < 1.29 is 0 Å². The molecular weight excluding hydrogens is 218 g/mol. The van der Waals surface area contributed by atoms with E-state index >= 15 is 0 Å². The summed E-state index contributed by atoms with van der Waals surface area (Å²) in [6.07, 6.45) is 12.5. The van der Waals surface area contributed by atoms with Crippen molar-refractivity contribution in [2.24, 2.45) is 11.8 Å². The van der Waals surface area contributed by atoms with Gasteiger partial charge in [0.05, 0.1) is 12.0 Å². The minimum absolute atomic E-state index is 0.0743. The molecule has 2 aliphatic carbocycles. The number of hydrogen-bond acceptors (Lipinski definition) is 1. The number of rotatable bonds is 1. The van der Waals surface area contributed by atoms with Crippen molar-refractivity contribution in [3.05, 3.63) is 77.9 Å². The molecule has 0 heterocycles. The third kappa shape index (κ3) is 1.72. The Balaban J connectivity index is 2.08. The lowest BCUT2D eigenvalue weighted by Gasteiger charge is -2.13. The van der Waals surface area contributed by atoms with E-state index in [2.05, 4.69) is 36.4 Å². The smallest absolute Gasteiger partial charge is 0.0821 e. The maximum absolute atomic E-state index is 9.46. The molecule has 1 nitrogen and oxygen atoms in total. The van der Waals surface area contributed by atoms with E-state index in [0.717, 1.165) is 11.1 Å². The average Bonchev–Trinajstić information content (AvgIpc) is 2.61. The number of fused-ring (bicyclic) bond motifs is 1. The Hall–Kier alpha value is -2.33. The van der Waals surface area contributed by atoms with E-state index < -0.39 is 0 Å². The Morgan fingerprint density at radius 3 is 2.61 bits per heavy atom. The van der Waals surface area contributed by atoms with Gasteiger partial charge in [0.1, 0.15) is 0 Å². The predicted molar refractivity (Wildman–Crippen MR) is 73.4 cm³/mol. The normalized spacial score (nSPS) is 24.8. The van der Waals surface area contributed by atoms with Gasteiger partial charge >= 0.3 is 0 Å². The van der Waals surface area contributed by atoms with Crippen LogP contribution in [0.1, 0.15) is 5.56 Å². The highest BCUT2D eigenvalue weighted by Crippen LogP contribution is 2.42. The zero-order valence-electron chi connectivity index (χ0n) is 9.95. The van der Waals surface area contributed by atoms with Crippen LogP contribution >= 0.6 is 0 Å². The highest BCUT2D eigenvalue weighted by molar-refractivity contribution is 5.77. The van der Waals surface area contributed by atoms with Crippen LogP contribution in [0.25, 0.3) is 5.57 Å². The Morgan fingerprint density at radius 2 is 1.83 bits per heavy atom. The van der Waals surface area contributed by atoms with Gasteiger partial charge < -0.3 is 0 Å². The van der Waals surface area contributed by atoms with Gasteiger partial charge in [-0.2, -0.15) is 5.26 Å². The van der Waals surface area contributed by atoms with Crippen molar-refractivity contribution in [1.82, 2.24) is 0 Å². The molecule has 2 aliphatic rings. The molecule has 1 aromatic rings. The quantitative estimate of drug-likeness (QED) is 0.719. The van der Waals surface area contributed by atoms with E-state index in [1.807, 2.05) is 36.4 Å². The van der Waals surface area contributed by atoms with Gasteiger partial charge in [0, 0.05) is 5.92 Å². The first-order valence-corrected chi connectivity index (χ1v) is 6.12. The molecule has 2 unspecified atom stereocenters. The van der Waals surface area contributed by atoms with Crippen LogP contribution in [0.5, 0.6) is 0 Å². The average molecular weight is 231 g/mol. The molecule has 0 fully saturated rings. The van der Waals surface area contributed by atoms with Gasteiger partial charge in [0.2, 0.25) is 0 Å². The Labute approximate surface area is 107 Å². The number of nitrogens with zero attached hydrogens (tertiary/aromatic N) is 1. The zero-order chi connectivity index (χ0) is 12.4. The molecule has 86 valence electrons. The summed E-state index contributed by atoms with van der Waals surface area (Å²) in [6.45, 7) is 0. The van der Waals surface area contributed by atoms with Crippen LogP contribution in [0, 0.1) is 23.2 Å². The molecule has 0 aromatic heterocycles. The van der Waals surface area contributed by atoms with Crippen LogP contribution in [0.4, 0.5) is 0 Å². The molecule has 0 N–H and O–H groups in total. The van der Waals surface area contributed by atoms with Crippen LogP contribution in [0.3, 0.4) is 0 Å². The lowest BCUT2D eigenvalue weighted by Crippen LogP contribution is -2.07. The molecule has 1 heteroatoms. The van der Waals surface area contributed by atoms with Gasteiger partial charge in [0.15, 0.2) is 0 Å². The first-order valence-electron chi connectivity index (χ1n) is 6.12. The number of benzene rings is 1. The molecule has 1 aromatic carbocycles. The molecule has 0 saturated heterocycles. The molecule has 0 aliphatic heterocycles. The molecular formula is C17H13N. The summed E-state index contributed by atoms with van der Waals surface area (Å²) < 4.78 is 0. The first kappa shape index (κ1) is 10.8. The summed E-state index contributed by atoms with van der Waals surface area (Å²) in [5.41, 5.74) is 3.51. The second-order valence-electron chi connectivity index (χ2n) is 4.53. The van der Waals surface area contributed by atoms with Crippen LogP contribution in [-0.4, -0.2) is 0 Å². The lowest BCUT2D eigenvalue weighted by atomic mass is 9.87. The van der Waals surface area contributed by atoms with Crippen LogP contribution in [-0.2, 0) is 0 Å². The number of allylic oxidation sites excluding steroid dienone is 8. The molecule has 18 heavy (non-hydrogen) atoms. The number of nitriles is 1. The summed E-state index contributed by atoms with van der Waals surface area (Å²) in [7, 11) is 0. The summed E-state index contributed by atoms with van der Waals surface area (Å²) in [6, 6.07) is 12.6. The first-order chi connectivity index (χ1) is 8.90. The molecule has 3 rings (SSSR count). The van der Waals surface area contributed by atoms with Gasteiger partial charge in [-0.15, -0.1) is 0 Å². The summed E-state index contributed by atoms with van der Waals surface area (Å²) in [5, 5.41) is 9.46. The molecule has 0 radical (unpaired) electrons. The van der Waals surface area contributed by atoms with Crippen molar-refractivity contribution in [3.63, 3.8) is 0 Å². The molecule has 2 atom stereocenters. The topological polar surface area (TPSA) is 23.8 Å². The van der Waals surface area contributed by atoms with E-state index in [1.54, 1.807) is 0 Å². The van der Waals surface area contributed by atoms with Gasteiger partial charge in [-0.3, -0.25) is 0 Å². The highest BCUT2D eigenvalue weighted by atomic mass is 14.4. The van der Waals surface area contributed by atoms with Crippen LogP contribution in [0.2, 0.25) is 0 Å². The fourth-order valence-corrected chi connectivity index (χ4v) is 2.59. The third-order valence-corrected chi connectivity index (χ3v) is 3.48. The van der Waals surface area contributed by atoms with Gasteiger partial charge in [0.25, 0.3) is 0 Å². The van der Waals surface area contributed by atoms with Crippen molar-refractivity contribution in [2.45, 2.75) is 0 Å². The predicted octanol–water partition coefficient (Wildman–Crippen LogP) is 3.89.